The summed E-state index contributed by atoms with van der Waals surface area (Å²) in [6, 6.07) is 12.6. The molecule has 1 aliphatic heterocycles. The molecule has 142 valence electrons. The van der Waals surface area contributed by atoms with E-state index in [4.69, 9.17) is 4.98 Å². The molecule has 1 aromatic carbocycles. The third-order valence-electron chi connectivity index (χ3n) is 5.71. The Morgan fingerprint density at radius 1 is 1.14 bits per heavy atom. The lowest BCUT2D eigenvalue weighted by Gasteiger charge is -2.27. The summed E-state index contributed by atoms with van der Waals surface area (Å²) in [5.41, 5.74) is 6.41. The summed E-state index contributed by atoms with van der Waals surface area (Å²) in [6.45, 7) is 4.46. The van der Waals surface area contributed by atoms with Crippen molar-refractivity contribution in [1.29, 1.82) is 0 Å². The molecule has 5 heteroatoms. The number of benzene rings is 1. The first-order valence-corrected chi connectivity index (χ1v) is 10.0. The predicted octanol–water partition coefficient (Wildman–Crippen LogP) is 3.58. The SMILES string of the molecule is Cc1ccc(-c2ccc(CN3CCc4nc(C5CC5)[nH]c(=O)c4C3)cn2)cc1. The molecule has 2 aromatic heterocycles. The molecule has 0 amide bonds. The first kappa shape index (κ1) is 17.3. The third kappa shape index (κ3) is 3.50. The lowest BCUT2D eigenvalue weighted by molar-refractivity contribution is 0.241. The monoisotopic (exact) mass is 372 g/mol. The number of H-pyrrole nitrogens is 1. The van der Waals surface area contributed by atoms with Gasteiger partial charge in [-0.15, -0.1) is 0 Å². The van der Waals surface area contributed by atoms with E-state index in [9.17, 15) is 4.79 Å². The minimum Gasteiger partial charge on any atom is -0.310 e. The van der Waals surface area contributed by atoms with Crippen molar-refractivity contribution in [3.63, 3.8) is 0 Å². The summed E-state index contributed by atoms with van der Waals surface area (Å²) >= 11 is 0. The summed E-state index contributed by atoms with van der Waals surface area (Å²) in [5, 5.41) is 0. The maximum atomic E-state index is 12.5. The summed E-state index contributed by atoms with van der Waals surface area (Å²) in [6.07, 6.45) is 5.09. The summed E-state index contributed by atoms with van der Waals surface area (Å²) in [5.74, 6) is 1.38. The van der Waals surface area contributed by atoms with E-state index >= 15 is 0 Å². The number of hydrogen-bond acceptors (Lipinski definition) is 4. The number of pyridine rings is 1. The second-order valence-electron chi connectivity index (χ2n) is 8.03. The van der Waals surface area contributed by atoms with Crippen LogP contribution in [0, 0.1) is 6.92 Å². The van der Waals surface area contributed by atoms with Gasteiger partial charge in [-0.25, -0.2) is 4.98 Å². The Morgan fingerprint density at radius 3 is 2.68 bits per heavy atom. The van der Waals surface area contributed by atoms with Gasteiger partial charge in [0, 0.05) is 43.7 Å². The van der Waals surface area contributed by atoms with E-state index in [2.05, 4.69) is 58.2 Å². The zero-order valence-corrected chi connectivity index (χ0v) is 16.1. The van der Waals surface area contributed by atoms with Gasteiger partial charge < -0.3 is 4.98 Å². The Hall–Kier alpha value is -2.79. The van der Waals surface area contributed by atoms with Crippen LogP contribution < -0.4 is 5.56 Å². The van der Waals surface area contributed by atoms with Gasteiger partial charge in [-0.1, -0.05) is 35.9 Å². The standard InChI is InChI=1S/C23H24N4O/c1-15-2-5-17(6-3-15)20-9-4-16(12-24-20)13-27-11-10-21-19(14-27)23(28)26-22(25-21)18-7-8-18/h2-6,9,12,18H,7-8,10-11,13-14H2,1H3,(H,25,26,28). The quantitative estimate of drug-likeness (QED) is 0.760. The largest absolute Gasteiger partial charge is 0.310 e. The van der Waals surface area contributed by atoms with Crippen molar-refractivity contribution in [2.75, 3.05) is 6.54 Å². The maximum Gasteiger partial charge on any atom is 0.255 e. The van der Waals surface area contributed by atoms with Crippen LogP contribution in [0.1, 0.15) is 47.0 Å². The second kappa shape index (κ2) is 6.99. The van der Waals surface area contributed by atoms with Crippen LogP contribution >= 0.6 is 0 Å². The first-order chi connectivity index (χ1) is 13.7. The second-order valence-corrected chi connectivity index (χ2v) is 8.03. The van der Waals surface area contributed by atoms with E-state index in [1.165, 1.54) is 11.1 Å². The van der Waals surface area contributed by atoms with Gasteiger partial charge in [0.2, 0.25) is 0 Å². The number of fused-ring (bicyclic) bond motifs is 1. The smallest absolute Gasteiger partial charge is 0.255 e. The maximum absolute atomic E-state index is 12.5. The number of aromatic amines is 1. The zero-order valence-electron chi connectivity index (χ0n) is 16.1. The summed E-state index contributed by atoms with van der Waals surface area (Å²) in [4.78, 5) is 27.2. The van der Waals surface area contributed by atoms with Gasteiger partial charge in [-0.05, 0) is 31.4 Å². The van der Waals surface area contributed by atoms with Crippen molar-refractivity contribution in [2.45, 2.75) is 45.2 Å². The van der Waals surface area contributed by atoms with Crippen LogP contribution in [0.2, 0.25) is 0 Å². The molecule has 3 heterocycles. The Bertz CT molecular complexity index is 1050. The van der Waals surface area contributed by atoms with Crippen molar-refractivity contribution in [3.8, 4) is 11.3 Å². The minimum atomic E-state index is 0.0458. The van der Waals surface area contributed by atoms with Crippen molar-refractivity contribution >= 4 is 0 Å². The summed E-state index contributed by atoms with van der Waals surface area (Å²) < 4.78 is 0. The molecule has 1 fully saturated rings. The Morgan fingerprint density at radius 2 is 1.96 bits per heavy atom. The van der Waals surface area contributed by atoms with Gasteiger partial charge in [0.05, 0.1) is 17.0 Å². The number of rotatable bonds is 4. The Kier molecular flexibility index (Phi) is 4.32. The lowest BCUT2D eigenvalue weighted by Crippen LogP contribution is -2.35. The molecule has 3 aromatic rings. The molecule has 1 saturated carbocycles. The average Bonchev–Trinajstić information content (AvgIpc) is 3.55. The van der Waals surface area contributed by atoms with Crippen molar-refractivity contribution < 1.29 is 0 Å². The highest BCUT2D eigenvalue weighted by Gasteiger charge is 2.29. The van der Waals surface area contributed by atoms with E-state index in [1.807, 2.05) is 6.20 Å². The molecular weight excluding hydrogens is 348 g/mol. The fraction of sp³-hybridized carbons (Fsp3) is 0.348. The van der Waals surface area contributed by atoms with Crippen molar-refractivity contribution in [3.05, 3.63) is 81.2 Å². The van der Waals surface area contributed by atoms with Gasteiger partial charge in [-0.2, -0.15) is 0 Å². The van der Waals surface area contributed by atoms with Gasteiger partial charge in [0.25, 0.3) is 5.56 Å². The highest BCUT2D eigenvalue weighted by atomic mass is 16.1. The molecule has 1 aliphatic carbocycles. The van der Waals surface area contributed by atoms with Crippen LogP contribution in [0.3, 0.4) is 0 Å². The highest BCUT2D eigenvalue weighted by Crippen LogP contribution is 2.37. The fourth-order valence-electron chi connectivity index (χ4n) is 3.86. The van der Waals surface area contributed by atoms with Crippen LogP contribution in [0.4, 0.5) is 0 Å². The molecule has 0 unspecified atom stereocenters. The van der Waals surface area contributed by atoms with E-state index in [0.717, 1.165) is 60.7 Å². The molecule has 2 aliphatic rings. The van der Waals surface area contributed by atoms with Gasteiger partial charge in [0.1, 0.15) is 5.82 Å². The van der Waals surface area contributed by atoms with E-state index < -0.39 is 0 Å². The molecule has 0 spiro atoms. The molecular formula is C23H24N4O. The van der Waals surface area contributed by atoms with Crippen molar-refractivity contribution in [2.24, 2.45) is 0 Å². The van der Waals surface area contributed by atoms with Crippen molar-refractivity contribution in [1.82, 2.24) is 19.9 Å². The number of aromatic nitrogens is 3. The average molecular weight is 372 g/mol. The Balaban J connectivity index is 1.29. The van der Waals surface area contributed by atoms with E-state index in [1.54, 1.807) is 0 Å². The zero-order chi connectivity index (χ0) is 19.1. The van der Waals surface area contributed by atoms with Gasteiger partial charge >= 0.3 is 0 Å². The third-order valence-corrected chi connectivity index (χ3v) is 5.71. The van der Waals surface area contributed by atoms with E-state index in [-0.39, 0.29) is 5.56 Å². The number of aryl methyl sites for hydroxylation is 1. The number of hydrogen-bond donors (Lipinski definition) is 1. The molecule has 0 saturated heterocycles. The normalized spacial score (nSPS) is 16.8. The molecule has 0 bridgehead atoms. The van der Waals surface area contributed by atoms with Crippen LogP contribution in [-0.2, 0) is 19.5 Å². The van der Waals surface area contributed by atoms with Crippen LogP contribution in [0.25, 0.3) is 11.3 Å². The predicted molar refractivity (Wildman–Crippen MR) is 109 cm³/mol. The minimum absolute atomic E-state index is 0.0458. The Labute approximate surface area is 164 Å². The molecule has 0 atom stereocenters. The summed E-state index contributed by atoms with van der Waals surface area (Å²) in [7, 11) is 0. The van der Waals surface area contributed by atoms with Gasteiger partial charge in [0.15, 0.2) is 0 Å². The lowest BCUT2D eigenvalue weighted by atomic mass is 10.1. The first-order valence-electron chi connectivity index (χ1n) is 10.0. The topological polar surface area (TPSA) is 61.9 Å². The molecule has 28 heavy (non-hydrogen) atoms. The number of nitrogens with zero attached hydrogens (tertiary/aromatic N) is 3. The van der Waals surface area contributed by atoms with Crippen LogP contribution in [-0.4, -0.2) is 26.4 Å². The fourth-order valence-corrected chi connectivity index (χ4v) is 3.86. The van der Waals surface area contributed by atoms with E-state index in [0.29, 0.717) is 12.5 Å². The molecule has 0 radical (unpaired) electrons. The molecule has 1 N–H and O–H groups in total. The highest BCUT2D eigenvalue weighted by molar-refractivity contribution is 5.59. The number of nitrogens with one attached hydrogen (secondary N) is 1. The van der Waals surface area contributed by atoms with Crippen LogP contribution in [0.5, 0.6) is 0 Å². The van der Waals surface area contributed by atoms with Gasteiger partial charge in [-0.3, -0.25) is 14.7 Å². The molecule has 5 rings (SSSR count). The molecule has 5 nitrogen and oxygen atoms in total. The van der Waals surface area contributed by atoms with Crippen LogP contribution in [0.15, 0.2) is 47.4 Å².